The molecule has 0 aliphatic carbocycles. The van der Waals surface area contributed by atoms with Gasteiger partial charge < -0.3 is 9.72 Å². The fourth-order valence-corrected chi connectivity index (χ4v) is 1.85. The van der Waals surface area contributed by atoms with E-state index in [0.717, 1.165) is 11.1 Å². The van der Waals surface area contributed by atoms with Gasteiger partial charge in [-0.25, -0.2) is 9.97 Å². The van der Waals surface area contributed by atoms with Gasteiger partial charge in [0.2, 0.25) is 0 Å². The van der Waals surface area contributed by atoms with Crippen molar-refractivity contribution in [3.63, 3.8) is 0 Å². The summed E-state index contributed by atoms with van der Waals surface area (Å²) in [7, 11) is 0. The van der Waals surface area contributed by atoms with Gasteiger partial charge >= 0.3 is 0 Å². The molecule has 0 saturated heterocycles. The Hall–Kier alpha value is -2.69. The second kappa shape index (κ2) is 4.53. The van der Waals surface area contributed by atoms with Crippen molar-refractivity contribution in [1.29, 1.82) is 0 Å². The predicted octanol–water partition coefficient (Wildman–Crippen LogP) is 2.29. The topological polar surface area (TPSA) is 59.3 Å². The average molecular weight is 252 g/mol. The Morgan fingerprint density at radius 2 is 2.21 bits per heavy atom. The number of aromatic nitrogens is 3. The quantitative estimate of drug-likeness (QED) is 0.761. The van der Waals surface area contributed by atoms with Crippen molar-refractivity contribution in [3.05, 3.63) is 60.3 Å². The second-order valence-electron chi connectivity index (χ2n) is 4.31. The number of fused-ring (bicyclic) bond motifs is 1. The second-order valence-corrected chi connectivity index (χ2v) is 4.31. The van der Waals surface area contributed by atoms with Gasteiger partial charge in [0.1, 0.15) is 5.82 Å². The summed E-state index contributed by atoms with van der Waals surface area (Å²) in [6.07, 6.45) is 6.88. The van der Waals surface area contributed by atoms with Crippen LogP contribution in [0.1, 0.15) is 15.9 Å². The van der Waals surface area contributed by atoms with E-state index in [9.17, 15) is 4.79 Å². The molecule has 0 bridgehead atoms. The molecular formula is C14H12N4O. The fourth-order valence-electron chi connectivity index (χ4n) is 1.85. The van der Waals surface area contributed by atoms with Crippen LogP contribution < -0.4 is 5.32 Å². The fraction of sp³-hybridized carbons (Fsp3) is 0.0714. The monoisotopic (exact) mass is 252 g/mol. The summed E-state index contributed by atoms with van der Waals surface area (Å²) in [4.78, 5) is 20.2. The number of nitrogens with zero attached hydrogens (tertiary/aromatic N) is 3. The zero-order valence-corrected chi connectivity index (χ0v) is 10.4. The van der Waals surface area contributed by atoms with Crippen LogP contribution >= 0.6 is 0 Å². The molecule has 3 rings (SSSR count). The molecule has 0 aliphatic rings. The number of hydrogen-bond donors (Lipinski definition) is 1. The molecule has 3 aromatic rings. The maximum Gasteiger partial charge on any atom is 0.256 e. The van der Waals surface area contributed by atoms with Crippen molar-refractivity contribution >= 4 is 17.2 Å². The van der Waals surface area contributed by atoms with E-state index in [1.165, 1.54) is 0 Å². The molecule has 0 unspecified atom stereocenters. The number of carbonyl (C=O) groups excluding carboxylic acids is 1. The van der Waals surface area contributed by atoms with Crippen molar-refractivity contribution in [2.45, 2.75) is 6.92 Å². The SMILES string of the molecule is Cc1ccnc(NC(=O)c2ccn3cncc3c2)c1. The van der Waals surface area contributed by atoms with Crippen molar-refractivity contribution < 1.29 is 4.79 Å². The smallest absolute Gasteiger partial charge is 0.256 e. The molecule has 19 heavy (non-hydrogen) atoms. The number of aryl methyl sites for hydroxylation is 1. The molecule has 5 heteroatoms. The van der Waals surface area contributed by atoms with E-state index in [0.29, 0.717) is 11.4 Å². The molecule has 94 valence electrons. The van der Waals surface area contributed by atoms with Crippen molar-refractivity contribution in [2.75, 3.05) is 5.32 Å². The zero-order valence-electron chi connectivity index (χ0n) is 10.4. The van der Waals surface area contributed by atoms with Gasteiger partial charge in [-0.05, 0) is 36.8 Å². The van der Waals surface area contributed by atoms with Gasteiger partial charge in [0.25, 0.3) is 5.91 Å². The molecule has 3 heterocycles. The van der Waals surface area contributed by atoms with Crippen LogP contribution in [0.15, 0.2) is 49.2 Å². The van der Waals surface area contributed by atoms with E-state index in [1.54, 1.807) is 37.1 Å². The lowest BCUT2D eigenvalue weighted by atomic mass is 10.2. The largest absolute Gasteiger partial charge is 0.307 e. The molecule has 5 nitrogen and oxygen atoms in total. The Bertz CT molecular complexity index is 748. The van der Waals surface area contributed by atoms with Crippen LogP contribution in [0.3, 0.4) is 0 Å². The van der Waals surface area contributed by atoms with Crippen LogP contribution in [0, 0.1) is 6.92 Å². The Balaban J connectivity index is 1.87. The Morgan fingerprint density at radius 3 is 3.05 bits per heavy atom. The standard InChI is InChI=1S/C14H12N4O/c1-10-2-4-16-13(6-10)17-14(19)11-3-5-18-9-15-8-12(18)7-11/h2-9H,1H3,(H,16,17,19). The number of anilines is 1. The van der Waals surface area contributed by atoms with Gasteiger partial charge in [-0.2, -0.15) is 0 Å². The van der Waals surface area contributed by atoms with Gasteiger partial charge in [0, 0.05) is 18.0 Å². The lowest BCUT2D eigenvalue weighted by Crippen LogP contribution is -2.13. The van der Waals surface area contributed by atoms with Crippen LogP contribution in [0.25, 0.3) is 5.52 Å². The van der Waals surface area contributed by atoms with Crippen LogP contribution in [0.2, 0.25) is 0 Å². The summed E-state index contributed by atoms with van der Waals surface area (Å²) in [6.45, 7) is 1.95. The minimum absolute atomic E-state index is 0.179. The van der Waals surface area contributed by atoms with E-state index < -0.39 is 0 Å². The third-order valence-electron chi connectivity index (χ3n) is 2.83. The molecule has 0 fully saturated rings. The number of rotatable bonds is 2. The minimum atomic E-state index is -0.179. The van der Waals surface area contributed by atoms with Gasteiger partial charge in [0.05, 0.1) is 18.0 Å². The highest BCUT2D eigenvalue weighted by Crippen LogP contribution is 2.10. The molecule has 1 N–H and O–H groups in total. The van der Waals surface area contributed by atoms with Crippen molar-refractivity contribution in [2.24, 2.45) is 0 Å². The molecule has 0 radical (unpaired) electrons. The first-order chi connectivity index (χ1) is 9.22. The Kier molecular flexibility index (Phi) is 2.72. The van der Waals surface area contributed by atoms with E-state index in [2.05, 4.69) is 15.3 Å². The number of nitrogens with one attached hydrogen (secondary N) is 1. The van der Waals surface area contributed by atoms with Gasteiger partial charge in [-0.3, -0.25) is 4.79 Å². The summed E-state index contributed by atoms with van der Waals surface area (Å²) < 4.78 is 1.85. The average Bonchev–Trinajstić information content (AvgIpc) is 2.85. The molecule has 0 atom stereocenters. The van der Waals surface area contributed by atoms with Crippen molar-refractivity contribution in [3.8, 4) is 0 Å². The lowest BCUT2D eigenvalue weighted by Gasteiger charge is -2.05. The highest BCUT2D eigenvalue weighted by atomic mass is 16.1. The lowest BCUT2D eigenvalue weighted by molar-refractivity contribution is 0.102. The summed E-state index contributed by atoms with van der Waals surface area (Å²) in [5.41, 5.74) is 2.51. The number of hydrogen-bond acceptors (Lipinski definition) is 3. The van der Waals surface area contributed by atoms with Crippen LogP contribution in [-0.4, -0.2) is 20.3 Å². The first-order valence-corrected chi connectivity index (χ1v) is 5.88. The molecule has 0 aromatic carbocycles. The normalized spacial score (nSPS) is 10.6. The first kappa shape index (κ1) is 11.4. The van der Waals surface area contributed by atoms with E-state index in [4.69, 9.17) is 0 Å². The van der Waals surface area contributed by atoms with Crippen LogP contribution in [0.5, 0.6) is 0 Å². The number of amides is 1. The van der Waals surface area contributed by atoms with Gasteiger partial charge in [-0.15, -0.1) is 0 Å². The van der Waals surface area contributed by atoms with Gasteiger partial charge in [-0.1, -0.05) is 0 Å². The molecule has 3 aromatic heterocycles. The van der Waals surface area contributed by atoms with Crippen LogP contribution in [-0.2, 0) is 0 Å². The number of pyridine rings is 2. The third kappa shape index (κ3) is 2.30. The maximum atomic E-state index is 12.1. The first-order valence-electron chi connectivity index (χ1n) is 5.88. The molecule has 1 amide bonds. The molecule has 0 aliphatic heterocycles. The minimum Gasteiger partial charge on any atom is -0.307 e. The highest BCUT2D eigenvalue weighted by Gasteiger charge is 2.07. The summed E-state index contributed by atoms with van der Waals surface area (Å²) >= 11 is 0. The molecular weight excluding hydrogens is 240 g/mol. The van der Waals surface area contributed by atoms with E-state index in [-0.39, 0.29) is 5.91 Å². The molecule has 0 saturated carbocycles. The molecule has 0 spiro atoms. The zero-order chi connectivity index (χ0) is 13.2. The van der Waals surface area contributed by atoms with E-state index >= 15 is 0 Å². The highest BCUT2D eigenvalue weighted by molar-refractivity contribution is 6.04. The maximum absolute atomic E-state index is 12.1. The van der Waals surface area contributed by atoms with Crippen LogP contribution in [0.4, 0.5) is 5.82 Å². The summed E-state index contributed by atoms with van der Waals surface area (Å²) in [6, 6.07) is 7.25. The number of carbonyl (C=O) groups is 1. The van der Waals surface area contributed by atoms with E-state index in [1.807, 2.05) is 23.5 Å². The van der Waals surface area contributed by atoms with Crippen molar-refractivity contribution in [1.82, 2.24) is 14.4 Å². The predicted molar refractivity (Wildman–Crippen MR) is 72.1 cm³/mol. The summed E-state index contributed by atoms with van der Waals surface area (Å²) in [5.74, 6) is 0.375. The Labute approximate surface area is 109 Å². The Morgan fingerprint density at radius 1 is 1.32 bits per heavy atom. The third-order valence-corrected chi connectivity index (χ3v) is 2.83. The number of imidazole rings is 1. The van der Waals surface area contributed by atoms with Gasteiger partial charge in [0.15, 0.2) is 0 Å². The summed E-state index contributed by atoms with van der Waals surface area (Å²) in [5, 5.41) is 2.78.